The Hall–Kier alpha value is -3.91. The van der Waals surface area contributed by atoms with Crippen molar-refractivity contribution in [2.24, 2.45) is 7.05 Å². The number of hydrogen-bond acceptors (Lipinski definition) is 4. The van der Waals surface area contributed by atoms with Gasteiger partial charge >= 0.3 is 6.03 Å². The van der Waals surface area contributed by atoms with Gasteiger partial charge < -0.3 is 5.32 Å². The van der Waals surface area contributed by atoms with E-state index in [0.29, 0.717) is 10.8 Å². The Bertz CT molecular complexity index is 1460. The summed E-state index contributed by atoms with van der Waals surface area (Å²) in [5, 5.41) is 20.1. The van der Waals surface area contributed by atoms with Crippen molar-refractivity contribution < 1.29 is 4.79 Å². The smallest absolute Gasteiger partial charge is 0.320 e. The topological polar surface area (TPSA) is 101 Å². The van der Waals surface area contributed by atoms with Crippen molar-refractivity contribution in [1.29, 1.82) is 0 Å². The van der Waals surface area contributed by atoms with Gasteiger partial charge in [0, 0.05) is 46.9 Å². The van der Waals surface area contributed by atoms with Gasteiger partial charge in [-0.3, -0.25) is 15.1 Å². The van der Waals surface area contributed by atoms with Crippen molar-refractivity contribution in [2.75, 3.05) is 5.32 Å². The molecule has 0 saturated heterocycles. The van der Waals surface area contributed by atoms with Crippen LogP contribution in [0.1, 0.15) is 18.5 Å². The lowest BCUT2D eigenvalue weighted by atomic mass is 10.1. The monoisotopic (exact) mass is 445 g/mol. The number of hydrogen-bond donors (Lipinski definition) is 3. The predicted molar refractivity (Wildman–Crippen MR) is 126 cm³/mol. The number of urea groups is 1. The van der Waals surface area contributed by atoms with Crippen LogP contribution in [0.15, 0.2) is 60.9 Å². The lowest BCUT2D eigenvalue weighted by molar-refractivity contribution is 0.249. The van der Waals surface area contributed by atoms with Crippen LogP contribution in [0.4, 0.5) is 10.6 Å². The zero-order valence-electron chi connectivity index (χ0n) is 17.4. The van der Waals surface area contributed by atoms with E-state index in [1.165, 1.54) is 0 Å². The highest BCUT2D eigenvalue weighted by molar-refractivity contribution is 6.30. The minimum Gasteiger partial charge on any atom is -0.331 e. The van der Waals surface area contributed by atoms with E-state index in [2.05, 4.69) is 37.0 Å². The number of halogens is 1. The molecule has 0 aliphatic carbocycles. The summed E-state index contributed by atoms with van der Waals surface area (Å²) in [6.07, 6.45) is 3.68. The molecule has 32 heavy (non-hydrogen) atoms. The second-order valence-electron chi connectivity index (χ2n) is 7.64. The minimum absolute atomic E-state index is 0.210. The molecule has 1 unspecified atom stereocenters. The molecule has 9 heteroatoms. The van der Waals surface area contributed by atoms with E-state index in [4.69, 9.17) is 11.6 Å². The molecule has 0 radical (unpaired) electrons. The zero-order valence-corrected chi connectivity index (χ0v) is 18.2. The first-order valence-corrected chi connectivity index (χ1v) is 10.4. The number of carbonyl (C=O) groups is 1. The van der Waals surface area contributed by atoms with Crippen LogP contribution in [0, 0.1) is 0 Å². The number of aryl methyl sites for hydroxylation is 1. The van der Waals surface area contributed by atoms with E-state index < -0.39 is 0 Å². The lowest BCUT2D eigenvalue weighted by Gasteiger charge is -2.15. The summed E-state index contributed by atoms with van der Waals surface area (Å²) in [6.45, 7) is 1.89. The zero-order chi connectivity index (χ0) is 22.2. The van der Waals surface area contributed by atoms with Crippen molar-refractivity contribution in [1.82, 2.24) is 30.3 Å². The molecule has 8 nitrogen and oxygen atoms in total. The third-order valence-corrected chi connectivity index (χ3v) is 5.51. The van der Waals surface area contributed by atoms with Gasteiger partial charge in [0.15, 0.2) is 0 Å². The maximum Gasteiger partial charge on any atom is 0.320 e. The number of aromatic amines is 1. The number of H-pyrrole nitrogens is 1. The molecular weight excluding hydrogens is 426 g/mol. The molecule has 3 heterocycles. The SMILES string of the molecule is CC(NC(=O)Nc1cc2[nH]nc(-c3ccc4nn(C)cc4c3)c2cn1)c1cccc(Cl)c1. The fourth-order valence-corrected chi connectivity index (χ4v) is 3.90. The van der Waals surface area contributed by atoms with Gasteiger partial charge in [0.2, 0.25) is 0 Å². The highest BCUT2D eigenvalue weighted by Gasteiger charge is 2.14. The van der Waals surface area contributed by atoms with Crippen LogP contribution in [0.5, 0.6) is 0 Å². The number of rotatable bonds is 4. The molecule has 0 bridgehead atoms. The van der Waals surface area contributed by atoms with Gasteiger partial charge in [-0.2, -0.15) is 10.2 Å². The van der Waals surface area contributed by atoms with E-state index in [9.17, 15) is 4.79 Å². The van der Waals surface area contributed by atoms with E-state index in [1.54, 1.807) is 23.0 Å². The number of fused-ring (bicyclic) bond motifs is 2. The molecule has 1 atom stereocenters. The molecule has 0 fully saturated rings. The van der Waals surface area contributed by atoms with Gasteiger partial charge in [0.25, 0.3) is 0 Å². The molecular formula is C23H20ClN7O. The van der Waals surface area contributed by atoms with Crippen LogP contribution in [-0.4, -0.2) is 31.0 Å². The number of benzene rings is 2. The number of amides is 2. The molecule has 2 amide bonds. The molecule has 3 aromatic heterocycles. The van der Waals surface area contributed by atoms with Crippen molar-refractivity contribution in [3.8, 4) is 11.3 Å². The number of aromatic nitrogens is 5. The van der Waals surface area contributed by atoms with E-state index in [1.807, 2.05) is 50.5 Å². The molecule has 2 aromatic carbocycles. The van der Waals surface area contributed by atoms with Crippen molar-refractivity contribution in [3.05, 3.63) is 71.5 Å². The summed E-state index contributed by atoms with van der Waals surface area (Å²) < 4.78 is 1.79. The lowest BCUT2D eigenvalue weighted by Crippen LogP contribution is -2.31. The number of pyridine rings is 1. The number of carbonyl (C=O) groups excluding carboxylic acids is 1. The largest absolute Gasteiger partial charge is 0.331 e. The predicted octanol–water partition coefficient (Wildman–Crippen LogP) is 5.05. The van der Waals surface area contributed by atoms with Gasteiger partial charge in [0.05, 0.1) is 17.1 Å². The molecule has 5 aromatic rings. The maximum atomic E-state index is 12.4. The van der Waals surface area contributed by atoms with Crippen LogP contribution in [0.2, 0.25) is 5.02 Å². The van der Waals surface area contributed by atoms with Gasteiger partial charge in [-0.05, 0) is 36.8 Å². The quantitative estimate of drug-likeness (QED) is 0.360. The van der Waals surface area contributed by atoms with Gasteiger partial charge in [0.1, 0.15) is 11.5 Å². The summed E-state index contributed by atoms with van der Waals surface area (Å²) >= 11 is 6.03. The van der Waals surface area contributed by atoms with Crippen LogP contribution in [0.3, 0.4) is 0 Å². The second-order valence-corrected chi connectivity index (χ2v) is 8.08. The van der Waals surface area contributed by atoms with Crippen LogP contribution < -0.4 is 10.6 Å². The summed E-state index contributed by atoms with van der Waals surface area (Å²) in [6, 6.07) is 14.6. The van der Waals surface area contributed by atoms with E-state index >= 15 is 0 Å². The fraction of sp³-hybridized carbons (Fsp3) is 0.130. The van der Waals surface area contributed by atoms with Gasteiger partial charge in [-0.1, -0.05) is 29.8 Å². The molecule has 5 rings (SSSR count). The van der Waals surface area contributed by atoms with Crippen molar-refractivity contribution in [2.45, 2.75) is 13.0 Å². The number of nitrogens with zero attached hydrogens (tertiary/aromatic N) is 4. The third kappa shape index (κ3) is 3.88. The minimum atomic E-state index is -0.355. The fourth-order valence-electron chi connectivity index (χ4n) is 3.71. The Morgan fingerprint density at radius 3 is 2.91 bits per heavy atom. The molecule has 0 saturated carbocycles. The Labute approximate surface area is 188 Å². The molecule has 160 valence electrons. The van der Waals surface area contributed by atoms with Crippen LogP contribution >= 0.6 is 11.6 Å². The Morgan fingerprint density at radius 2 is 2.06 bits per heavy atom. The van der Waals surface area contributed by atoms with Gasteiger partial charge in [-0.15, -0.1) is 0 Å². The van der Waals surface area contributed by atoms with Crippen molar-refractivity contribution in [3.63, 3.8) is 0 Å². The maximum absolute atomic E-state index is 12.4. The average Bonchev–Trinajstić information content (AvgIpc) is 3.35. The normalized spacial score (nSPS) is 12.2. The Kier molecular flexibility index (Phi) is 4.99. The number of anilines is 1. The summed E-state index contributed by atoms with van der Waals surface area (Å²) in [5.41, 5.74) is 4.38. The van der Waals surface area contributed by atoms with Crippen molar-refractivity contribution >= 4 is 45.3 Å². The Balaban J connectivity index is 1.34. The summed E-state index contributed by atoms with van der Waals surface area (Å²) in [5.74, 6) is 0.422. The summed E-state index contributed by atoms with van der Waals surface area (Å²) in [4.78, 5) is 16.8. The molecule has 0 aliphatic rings. The van der Waals surface area contributed by atoms with E-state index in [0.717, 1.165) is 38.6 Å². The number of nitrogens with one attached hydrogen (secondary N) is 3. The second kappa shape index (κ2) is 7.97. The molecule has 3 N–H and O–H groups in total. The summed E-state index contributed by atoms with van der Waals surface area (Å²) in [7, 11) is 1.90. The molecule has 0 aliphatic heterocycles. The third-order valence-electron chi connectivity index (χ3n) is 5.28. The highest BCUT2D eigenvalue weighted by atomic mass is 35.5. The average molecular weight is 446 g/mol. The Morgan fingerprint density at radius 1 is 1.19 bits per heavy atom. The van der Waals surface area contributed by atoms with Crippen LogP contribution in [0.25, 0.3) is 33.1 Å². The standard InChI is InChI=1S/C23H20ClN7O/c1-13(14-4-3-5-17(24)9-14)26-23(32)27-21-10-20-18(11-25-21)22(29-28-20)15-6-7-19-16(8-15)12-31(2)30-19/h3-13H,1-2H3,(H,28,29)(H2,25,26,27,32). The highest BCUT2D eigenvalue weighted by Crippen LogP contribution is 2.29. The first kappa shape index (κ1) is 20.0. The first-order chi connectivity index (χ1) is 15.5. The van der Waals surface area contributed by atoms with Crippen LogP contribution in [-0.2, 0) is 7.05 Å². The van der Waals surface area contributed by atoms with Gasteiger partial charge in [-0.25, -0.2) is 9.78 Å². The first-order valence-electron chi connectivity index (χ1n) is 10.1. The molecule has 0 spiro atoms. The van der Waals surface area contributed by atoms with E-state index in [-0.39, 0.29) is 12.1 Å².